The first-order valence-electron chi connectivity index (χ1n) is 6.72. The Morgan fingerprint density at radius 1 is 1.06 bits per heavy atom. The average molecular weight is 223 g/mol. The minimum absolute atomic E-state index is 0.324. The molecule has 2 nitrogen and oxygen atoms in total. The molecule has 1 N–H and O–H groups in total. The maximum Gasteiger partial charge on any atom is 0.160 e. The van der Waals surface area contributed by atoms with Gasteiger partial charge in [0, 0.05) is 24.2 Å². The van der Waals surface area contributed by atoms with Crippen LogP contribution >= 0.6 is 0 Å². The van der Waals surface area contributed by atoms with Crippen molar-refractivity contribution in [2.24, 2.45) is 0 Å². The van der Waals surface area contributed by atoms with E-state index in [1.165, 1.54) is 44.2 Å². The molecule has 0 amide bonds. The molecule has 1 rings (SSSR count). The van der Waals surface area contributed by atoms with Crippen LogP contribution in [0.4, 0.5) is 0 Å². The minimum Gasteiger partial charge on any atom is -0.388 e. The molecule has 0 bridgehead atoms. The Bertz CT molecular complexity index is 255. The zero-order chi connectivity index (χ0) is 11.8. The first-order valence-corrected chi connectivity index (χ1v) is 6.72. The molecule has 1 aliphatic rings. The van der Waals surface area contributed by atoms with Gasteiger partial charge in [-0.1, -0.05) is 39.0 Å². The second kappa shape index (κ2) is 7.48. The number of unbranched alkanes of at least 4 members (excludes halogenated alkanes) is 5. The predicted molar refractivity (Wildman–Crippen MR) is 68.3 cm³/mol. The lowest BCUT2D eigenvalue weighted by Gasteiger charge is -2.07. The summed E-state index contributed by atoms with van der Waals surface area (Å²) in [5.74, 6) is 0.324. The van der Waals surface area contributed by atoms with Crippen LogP contribution < -0.4 is 5.32 Å². The Labute approximate surface area is 99.5 Å². The van der Waals surface area contributed by atoms with Crippen molar-refractivity contribution in [3.63, 3.8) is 0 Å². The van der Waals surface area contributed by atoms with E-state index in [1.807, 2.05) is 6.92 Å². The Hall–Kier alpha value is -0.790. The van der Waals surface area contributed by atoms with Gasteiger partial charge in [0.05, 0.1) is 0 Å². The van der Waals surface area contributed by atoms with Crippen LogP contribution in [-0.2, 0) is 4.79 Å². The molecular weight excluding hydrogens is 198 g/mol. The van der Waals surface area contributed by atoms with Crippen LogP contribution in [0.5, 0.6) is 0 Å². The monoisotopic (exact) mass is 223 g/mol. The zero-order valence-electron chi connectivity index (χ0n) is 10.8. The van der Waals surface area contributed by atoms with E-state index in [4.69, 9.17) is 0 Å². The third kappa shape index (κ3) is 4.38. The smallest absolute Gasteiger partial charge is 0.160 e. The van der Waals surface area contributed by atoms with E-state index in [1.54, 1.807) is 0 Å². The van der Waals surface area contributed by atoms with Crippen molar-refractivity contribution in [1.29, 1.82) is 0 Å². The molecule has 0 heterocycles. The second-order valence-corrected chi connectivity index (χ2v) is 4.72. The van der Waals surface area contributed by atoms with Gasteiger partial charge in [-0.2, -0.15) is 0 Å². The topological polar surface area (TPSA) is 29.1 Å². The first-order chi connectivity index (χ1) is 7.75. The lowest BCUT2D eigenvalue weighted by Crippen LogP contribution is -2.14. The fourth-order valence-electron chi connectivity index (χ4n) is 2.15. The predicted octanol–water partition coefficient (Wildman–Crippen LogP) is 3.57. The van der Waals surface area contributed by atoms with Gasteiger partial charge in [0.1, 0.15) is 0 Å². The highest BCUT2D eigenvalue weighted by atomic mass is 16.1. The molecule has 0 aromatic carbocycles. The van der Waals surface area contributed by atoms with Crippen LogP contribution in [0, 0.1) is 0 Å². The van der Waals surface area contributed by atoms with Gasteiger partial charge in [-0.3, -0.25) is 4.79 Å². The van der Waals surface area contributed by atoms with Crippen LogP contribution in [0.15, 0.2) is 11.3 Å². The second-order valence-electron chi connectivity index (χ2n) is 4.72. The van der Waals surface area contributed by atoms with Gasteiger partial charge in [-0.15, -0.1) is 0 Å². The first kappa shape index (κ1) is 13.3. The molecule has 0 aliphatic heterocycles. The van der Waals surface area contributed by atoms with E-state index in [2.05, 4.69) is 12.2 Å². The van der Waals surface area contributed by atoms with Gasteiger partial charge in [-0.25, -0.2) is 0 Å². The molecule has 0 unspecified atom stereocenters. The third-order valence-corrected chi connectivity index (χ3v) is 3.34. The summed E-state index contributed by atoms with van der Waals surface area (Å²) in [6.45, 7) is 5.22. The van der Waals surface area contributed by atoms with Crippen molar-refractivity contribution in [2.45, 2.75) is 65.2 Å². The lowest BCUT2D eigenvalue weighted by molar-refractivity contribution is -0.114. The van der Waals surface area contributed by atoms with Crippen molar-refractivity contribution in [2.75, 3.05) is 6.54 Å². The van der Waals surface area contributed by atoms with Crippen molar-refractivity contribution < 1.29 is 4.79 Å². The quantitative estimate of drug-likeness (QED) is 0.637. The summed E-state index contributed by atoms with van der Waals surface area (Å²) >= 11 is 0. The largest absolute Gasteiger partial charge is 0.388 e. The lowest BCUT2D eigenvalue weighted by atomic mass is 10.1. The number of rotatable bonds is 8. The Morgan fingerprint density at radius 2 is 1.75 bits per heavy atom. The normalized spacial score (nSPS) is 16.0. The molecular formula is C14H25NO. The van der Waals surface area contributed by atoms with Gasteiger partial charge in [0.25, 0.3) is 0 Å². The molecule has 92 valence electrons. The summed E-state index contributed by atoms with van der Waals surface area (Å²) < 4.78 is 0. The Morgan fingerprint density at radius 3 is 2.38 bits per heavy atom. The molecule has 0 radical (unpaired) electrons. The summed E-state index contributed by atoms with van der Waals surface area (Å²) in [7, 11) is 0. The standard InChI is InChI=1S/C14H25NO/c1-3-4-5-6-7-8-11-15-13-9-10-14(16)12(13)2/h15H,3-11H2,1-2H3. The van der Waals surface area contributed by atoms with E-state index in [0.29, 0.717) is 12.2 Å². The number of carbonyl (C=O) groups excluding carboxylic acids is 1. The van der Waals surface area contributed by atoms with Crippen molar-refractivity contribution >= 4 is 5.78 Å². The molecule has 1 aliphatic carbocycles. The third-order valence-electron chi connectivity index (χ3n) is 3.34. The van der Waals surface area contributed by atoms with E-state index in [0.717, 1.165) is 18.5 Å². The van der Waals surface area contributed by atoms with Crippen molar-refractivity contribution in [3.05, 3.63) is 11.3 Å². The Kier molecular flexibility index (Phi) is 6.20. The van der Waals surface area contributed by atoms with Crippen LogP contribution in [0.3, 0.4) is 0 Å². The van der Waals surface area contributed by atoms with Crippen LogP contribution in [0.25, 0.3) is 0 Å². The number of hydrogen-bond donors (Lipinski definition) is 1. The molecule has 0 saturated heterocycles. The molecule has 0 aromatic rings. The maximum atomic E-state index is 11.3. The van der Waals surface area contributed by atoms with E-state index >= 15 is 0 Å². The highest BCUT2D eigenvalue weighted by Crippen LogP contribution is 2.19. The summed E-state index contributed by atoms with van der Waals surface area (Å²) in [5.41, 5.74) is 2.16. The van der Waals surface area contributed by atoms with Crippen LogP contribution in [0.1, 0.15) is 65.2 Å². The number of carbonyl (C=O) groups is 1. The SMILES string of the molecule is CCCCCCCCNC1=C(C)C(=O)CC1. The van der Waals surface area contributed by atoms with Crippen LogP contribution in [-0.4, -0.2) is 12.3 Å². The fraction of sp³-hybridized carbons (Fsp3) is 0.786. The number of hydrogen-bond acceptors (Lipinski definition) is 2. The molecule has 16 heavy (non-hydrogen) atoms. The van der Waals surface area contributed by atoms with Gasteiger partial charge in [0.15, 0.2) is 5.78 Å². The van der Waals surface area contributed by atoms with Crippen LogP contribution in [0.2, 0.25) is 0 Å². The zero-order valence-corrected chi connectivity index (χ0v) is 10.8. The van der Waals surface area contributed by atoms with Gasteiger partial charge >= 0.3 is 0 Å². The fourth-order valence-corrected chi connectivity index (χ4v) is 2.15. The molecule has 0 atom stereocenters. The average Bonchev–Trinajstić information content (AvgIpc) is 2.59. The molecule has 2 heteroatoms. The molecule has 0 fully saturated rings. The summed E-state index contributed by atoms with van der Waals surface area (Å²) in [6, 6.07) is 0. The molecule has 0 spiro atoms. The minimum atomic E-state index is 0.324. The maximum absolute atomic E-state index is 11.3. The number of ketones is 1. The van der Waals surface area contributed by atoms with E-state index in [-0.39, 0.29) is 0 Å². The highest BCUT2D eigenvalue weighted by Gasteiger charge is 2.18. The summed E-state index contributed by atoms with van der Waals surface area (Å²) in [5, 5.41) is 3.41. The molecule has 0 aromatic heterocycles. The van der Waals surface area contributed by atoms with E-state index < -0.39 is 0 Å². The molecule has 0 saturated carbocycles. The van der Waals surface area contributed by atoms with E-state index in [9.17, 15) is 4.79 Å². The highest BCUT2D eigenvalue weighted by molar-refractivity contribution is 5.97. The van der Waals surface area contributed by atoms with Gasteiger partial charge < -0.3 is 5.32 Å². The number of allylic oxidation sites excluding steroid dienone is 2. The Balaban J connectivity index is 2.01. The summed E-state index contributed by atoms with van der Waals surface area (Å²) in [4.78, 5) is 11.3. The summed E-state index contributed by atoms with van der Waals surface area (Å²) in [6.07, 6.45) is 9.59. The van der Waals surface area contributed by atoms with Gasteiger partial charge in [0.2, 0.25) is 0 Å². The van der Waals surface area contributed by atoms with Gasteiger partial charge in [-0.05, 0) is 19.8 Å². The van der Waals surface area contributed by atoms with Crippen molar-refractivity contribution in [3.8, 4) is 0 Å². The number of Topliss-reactive ketones (excluding diaryl/α,β-unsaturated/α-hetero) is 1. The number of nitrogens with one attached hydrogen (secondary N) is 1. The van der Waals surface area contributed by atoms with Crippen molar-refractivity contribution in [1.82, 2.24) is 5.32 Å².